The molecule has 0 amide bonds. The highest BCUT2D eigenvalue weighted by Crippen LogP contribution is 2.12. The maximum atomic E-state index is 5.82. The second kappa shape index (κ2) is 4.99. The van der Waals surface area contributed by atoms with Gasteiger partial charge in [-0.3, -0.25) is 0 Å². The van der Waals surface area contributed by atoms with Crippen LogP contribution in [0.2, 0.25) is 5.02 Å². The largest absolute Gasteiger partial charge is 0.384 e. The van der Waals surface area contributed by atoms with Crippen LogP contribution in [0.3, 0.4) is 0 Å². The molecule has 0 fully saturated rings. The summed E-state index contributed by atoms with van der Waals surface area (Å²) in [5.74, 6) is 0.565. The summed E-state index contributed by atoms with van der Waals surface area (Å²) in [6, 6.07) is 11.8. The number of anilines is 1. The predicted molar refractivity (Wildman–Crippen MR) is 67.5 cm³/mol. The number of pyridine rings is 1. The van der Waals surface area contributed by atoms with E-state index in [4.69, 9.17) is 17.3 Å². The topological polar surface area (TPSA) is 38.9 Å². The Morgan fingerprint density at radius 2 is 1.56 bits per heavy atom. The summed E-state index contributed by atoms with van der Waals surface area (Å²) in [6.07, 6.45) is 3.78. The van der Waals surface area contributed by atoms with Gasteiger partial charge in [-0.1, -0.05) is 29.8 Å². The average molecular weight is 233 g/mol. The van der Waals surface area contributed by atoms with Gasteiger partial charge in [0.2, 0.25) is 0 Å². The monoisotopic (exact) mass is 232 g/mol. The van der Waals surface area contributed by atoms with Crippen LogP contribution < -0.4 is 5.73 Å². The summed E-state index contributed by atoms with van der Waals surface area (Å²) in [6.45, 7) is 0. The zero-order valence-corrected chi connectivity index (χ0v) is 9.61. The second-order valence-electron chi connectivity index (χ2n) is 3.72. The van der Waals surface area contributed by atoms with Crippen molar-refractivity contribution in [2.45, 2.75) is 12.8 Å². The maximum Gasteiger partial charge on any atom is 0.123 e. The molecular weight excluding hydrogens is 220 g/mol. The number of benzene rings is 1. The van der Waals surface area contributed by atoms with E-state index in [9.17, 15) is 0 Å². The quantitative estimate of drug-likeness (QED) is 0.883. The zero-order valence-electron chi connectivity index (χ0n) is 8.86. The number of hydrogen-bond donors (Lipinski definition) is 1. The fourth-order valence-corrected chi connectivity index (χ4v) is 1.65. The molecule has 0 saturated heterocycles. The van der Waals surface area contributed by atoms with Crippen molar-refractivity contribution >= 4 is 17.4 Å². The van der Waals surface area contributed by atoms with Gasteiger partial charge in [-0.2, -0.15) is 0 Å². The van der Waals surface area contributed by atoms with Crippen molar-refractivity contribution in [3.05, 3.63) is 58.7 Å². The minimum atomic E-state index is 0.565. The predicted octanol–water partition coefficient (Wildman–Crippen LogP) is 3.10. The first kappa shape index (κ1) is 11.0. The van der Waals surface area contributed by atoms with Gasteiger partial charge < -0.3 is 5.73 Å². The molecule has 0 bridgehead atoms. The van der Waals surface area contributed by atoms with Crippen LogP contribution >= 0.6 is 11.6 Å². The molecule has 0 aliphatic rings. The molecular formula is C13H13ClN2. The van der Waals surface area contributed by atoms with E-state index in [1.807, 2.05) is 42.6 Å². The number of hydrogen-bond acceptors (Lipinski definition) is 2. The van der Waals surface area contributed by atoms with E-state index < -0.39 is 0 Å². The summed E-state index contributed by atoms with van der Waals surface area (Å²) in [4.78, 5) is 4.06. The van der Waals surface area contributed by atoms with Gasteiger partial charge in [0.15, 0.2) is 0 Å². The fourth-order valence-electron chi connectivity index (χ4n) is 1.52. The Labute approximate surface area is 100 Å². The van der Waals surface area contributed by atoms with Crippen LogP contribution in [-0.4, -0.2) is 4.98 Å². The molecule has 1 heterocycles. The van der Waals surface area contributed by atoms with E-state index in [0.29, 0.717) is 5.82 Å². The molecule has 0 saturated carbocycles. The Kier molecular flexibility index (Phi) is 3.42. The Morgan fingerprint density at radius 3 is 2.19 bits per heavy atom. The van der Waals surface area contributed by atoms with Crippen molar-refractivity contribution in [2.75, 3.05) is 5.73 Å². The third kappa shape index (κ3) is 2.97. The molecule has 0 spiro atoms. The van der Waals surface area contributed by atoms with Gasteiger partial charge in [-0.05, 0) is 42.2 Å². The van der Waals surface area contributed by atoms with Crippen LogP contribution in [0, 0.1) is 0 Å². The lowest BCUT2D eigenvalue weighted by atomic mass is 10.1. The van der Waals surface area contributed by atoms with Crippen LogP contribution in [-0.2, 0) is 12.8 Å². The first-order valence-electron chi connectivity index (χ1n) is 5.19. The number of aryl methyl sites for hydroxylation is 2. The van der Waals surface area contributed by atoms with E-state index >= 15 is 0 Å². The van der Waals surface area contributed by atoms with Crippen LogP contribution in [0.4, 0.5) is 5.82 Å². The van der Waals surface area contributed by atoms with E-state index in [1.54, 1.807) is 0 Å². The minimum Gasteiger partial charge on any atom is -0.384 e. The smallest absolute Gasteiger partial charge is 0.123 e. The summed E-state index contributed by atoms with van der Waals surface area (Å²) in [7, 11) is 0. The second-order valence-corrected chi connectivity index (χ2v) is 4.15. The maximum absolute atomic E-state index is 5.82. The fraction of sp³-hybridized carbons (Fsp3) is 0.154. The number of nitrogen functional groups attached to an aromatic ring is 1. The molecule has 1 aromatic carbocycles. The third-order valence-corrected chi connectivity index (χ3v) is 2.72. The first-order chi connectivity index (χ1) is 7.74. The average Bonchev–Trinajstić information content (AvgIpc) is 2.30. The number of aromatic nitrogens is 1. The number of rotatable bonds is 3. The van der Waals surface area contributed by atoms with Gasteiger partial charge in [-0.25, -0.2) is 4.98 Å². The molecule has 16 heavy (non-hydrogen) atoms. The first-order valence-corrected chi connectivity index (χ1v) is 5.57. The molecule has 2 nitrogen and oxygen atoms in total. The molecule has 0 aliphatic heterocycles. The number of nitrogens with two attached hydrogens (primary N) is 1. The highest BCUT2D eigenvalue weighted by Gasteiger charge is 1.96. The van der Waals surface area contributed by atoms with Gasteiger partial charge >= 0.3 is 0 Å². The highest BCUT2D eigenvalue weighted by atomic mass is 35.5. The van der Waals surface area contributed by atoms with E-state index in [1.165, 1.54) is 11.1 Å². The van der Waals surface area contributed by atoms with Crippen molar-refractivity contribution in [1.82, 2.24) is 4.98 Å². The van der Waals surface area contributed by atoms with Gasteiger partial charge in [0.1, 0.15) is 5.82 Å². The highest BCUT2D eigenvalue weighted by molar-refractivity contribution is 6.30. The molecule has 2 aromatic rings. The number of halogens is 1. The van der Waals surface area contributed by atoms with Crippen LogP contribution in [0.15, 0.2) is 42.6 Å². The lowest BCUT2D eigenvalue weighted by Crippen LogP contribution is -1.94. The summed E-state index contributed by atoms with van der Waals surface area (Å²) >= 11 is 5.82. The van der Waals surface area contributed by atoms with Crippen molar-refractivity contribution in [2.24, 2.45) is 0 Å². The Morgan fingerprint density at radius 1 is 0.938 bits per heavy atom. The molecule has 1 aromatic heterocycles. The Balaban J connectivity index is 1.97. The lowest BCUT2D eigenvalue weighted by Gasteiger charge is -2.02. The minimum absolute atomic E-state index is 0.565. The number of nitrogens with zero attached hydrogens (tertiary/aromatic N) is 1. The van der Waals surface area contributed by atoms with Gasteiger partial charge in [0.05, 0.1) is 0 Å². The molecule has 0 unspecified atom stereocenters. The molecule has 3 heteroatoms. The zero-order chi connectivity index (χ0) is 11.4. The SMILES string of the molecule is Nc1ccc(CCc2ccc(Cl)cc2)cn1. The van der Waals surface area contributed by atoms with Gasteiger partial charge in [-0.15, -0.1) is 0 Å². The summed E-state index contributed by atoms with van der Waals surface area (Å²) in [5.41, 5.74) is 8.00. The molecule has 82 valence electrons. The van der Waals surface area contributed by atoms with Crippen LogP contribution in [0.1, 0.15) is 11.1 Å². The van der Waals surface area contributed by atoms with Crippen LogP contribution in [0.5, 0.6) is 0 Å². The standard InChI is InChI=1S/C13H13ClN2/c14-12-6-3-10(4-7-12)1-2-11-5-8-13(15)16-9-11/h3-9H,1-2H2,(H2,15,16). The Bertz CT molecular complexity index is 403. The normalized spacial score (nSPS) is 10.3. The van der Waals surface area contributed by atoms with E-state index in [2.05, 4.69) is 4.98 Å². The molecule has 2 N–H and O–H groups in total. The van der Waals surface area contributed by atoms with Crippen molar-refractivity contribution in [1.29, 1.82) is 0 Å². The van der Waals surface area contributed by atoms with E-state index in [0.717, 1.165) is 17.9 Å². The summed E-state index contributed by atoms with van der Waals surface area (Å²) in [5, 5.41) is 0.776. The van der Waals surface area contributed by atoms with Crippen molar-refractivity contribution in [3.8, 4) is 0 Å². The van der Waals surface area contributed by atoms with Gasteiger partial charge in [0.25, 0.3) is 0 Å². The lowest BCUT2D eigenvalue weighted by molar-refractivity contribution is 0.951. The van der Waals surface area contributed by atoms with E-state index in [-0.39, 0.29) is 0 Å². The molecule has 0 atom stereocenters. The van der Waals surface area contributed by atoms with Crippen LogP contribution in [0.25, 0.3) is 0 Å². The summed E-state index contributed by atoms with van der Waals surface area (Å²) < 4.78 is 0. The molecule has 0 radical (unpaired) electrons. The van der Waals surface area contributed by atoms with Crippen molar-refractivity contribution < 1.29 is 0 Å². The molecule has 0 aliphatic carbocycles. The Hall–Kier alpha value is -1.54. The van der Waals surface area contributed by atoms with Gasteiger partial charge in [0, 0.05) is 11.2 Å². The molecule has 2 rings (SSSR count). The third-order valence-electron chi connectivity index (χ3n) is 2.46. The van der Waals surface area contributed by atoms with Crippen molar-refractivity contribution in [3.63, 3.8) is 0 Å².